The largest absolute Gasteiger partial charge is 0.392 e. The Hall–Kier alpha value is -0.300. The molecule has 0 radical (unpaired) electrons. The Balaban J connectivity index is 3.27. The average molecular weight is 142 g/mol. The molecule has 0 heterocycles. The predicted octanol–water partition coefficient (Wildman–Crippen LogP) is 2.51. The Morgan fingerprint density at radius 1 is 1.40 bits per heavy atom. The molecule has 0 aromatic rings. The first-order chi connectivity index (χ1) is 4.85. The number of hydrogen-bond donors (Lipinski definition) is 1. The van der Waals surface area contributed by atoms with Gasteiger partial charge in [-0.2, -0.15) is 0 Å². The smallest absolute Gasteiger partial charge is 0.0641 e. The molecule has 60 valence electrons. The molecule has 0 saturated heterocycles. The van der Waals surface area contributed by atoms with Crippen molar-refractivity contribution in [3.8, 4) is 0 Å². The lowest BCUT2D eigenvalue weighted by atomic mass is 10.1. The molecule has 0 aliphatic rings. The van der Waals surface area contributed by atoms with Gasteiger partial charge in [-0.25, -0.2) is 0 Å². The first-order valence-electron chi connectivity index (χ1n) is 4.10. The van der Waals surface area contributed by atoms with Crippen LogP contribution in [0.15, 0.2) is 11.6 Å². The second-order valence-electron chi connectivity index (χ2n) is 2.56. The van der Waals surface area contributed by atoms with Gasteiger partial charge in [-0.3, -0.25) is 0 Å². The average Bonchev–Trinajstić information content (AvgIpc) is 1.99. The van der Waals surface area contributed by atoms with E-state index in [1.165, 1.54) is 24.8 Å². The van der Waals surface area contributed by atoms with E-state index < -0.39 is 0 Å². The van der Waals surface area contributed by atoms with Gasteiger partial charge in [0.1, 0.15) is 0 Å². The summed E-state index contributed by atoms with van der Waals surface area (Å²) in [6, 6.07) is 0. The lowest BCUT2D eigenvalue weighted by Gasteiger charge is -2.00. The van der Waals surface area contributed by atoms with Gasteiger partial charge in [0.15, 0.2) is 0 Å². The predicted molar refractivity (Wildman–Crippen MR) is 45.0 cm³/mol. The highest BCUT2D eigenvalue weighted by Crippen LogP contribution is 2.07. The second-order valence-corrected chi connectivity index (χ2v) is 2.56. The maximum Gasteiger partial charge on any atom is 0.0641 e. The summed E-state index contributed by atoms with van der Waals surface area (Å²) < 4.78 is 0. The van der Waals surface area contributed by atoms with Crippen LogP contribution in [-0.2, 0) is 0 Å². The lowest BCUT2D eigenvalue weighted by molar-refractivity contribution is 0.325. The third kappa shape index (κ3) is 4.57. The van der Waals surface area contributed by atoms with Gasteiger partial charge in [-0.05, 0) is 25.3 Å². The molecule has 0 rings (SSSR count). The van der Waals surface area contributed by atoms with Gasteiger partial charge in [-0.1, -0.05) is 25.8 Å². The minimum atomic E-state index is 0.236. The third-order valence-electron chi connectivity index (χ3n) is 1.71. The van der Waals surface area contributed by atoms with E-state index >= 15 is 0 Å². The number of aliphatic hydroxyl groups excluding tert-OH is 1. The van der Waals surface area contributed by atoms with Crippen LogP contribution in [0.3, 0.4) is 0 Å². The van der Waals surface area contributed by atoms with E-state index in [-0.39, 0.29) is 6.61 Å². The monoisotopic (exact) mass is 142 g/mol. The molecule has 0 aromatic heterocycles. The maximum atomic E-state index is 8.76. The highest BCUT2D eigenvalue weighted by Gasteiger charge is 1.92. The molecule has 0 fully saturated rings. The van der Waals surface area contributed by atoms with Crippen LogP contribution in [0.2, 0.25) is 0 Å². The van der Waals surface area contributed by atoms with Crippen molar-refractivity contribution in [2.24, 2.45) is 0 Å². The zero-order valence-electron chi connectivity index (χ0n) is 7.06. The van der Waals surface area contributed by atoms with Gasteiger partial charge in [0.05, 0.1) is 6.61 Å². The molecule has 0 atom stereocenters. The number of allylic oxidation sites excluding steroid dienone is 1. The van der Waals surface area contributed by atoms with E-state index in [4.69, 9.17) is 5.11 Å². The molecule has 0 aromatic carbocycles. The quantitative estimate of drug-likeness (QED) is 0.462. The van der Waals surface area contributed by atoms with Crippen molar-refractivity contribution < 1.29 is 5.11 Å². The van der Waals surface area contributed by atoms with Crippen LogP contribution in [0.1, 0.15) is 39.5 Å². The molecule has 0 unspecified atom stereocenters. The molecule has 0 aliphatic carbocycles. The number of hydrogen-bond acceptors (Lipinski definition) is 1. The fourth-order valence-corrected chi connectivity index (χ4v) is 0.917. The Bertz CT molecular complexity index is 94.9. The van der Waals surface area contributed by atoms with Crippen LogP contribution in [0.4, 0.5) is 0 Å². The van der Waals surface area contributed by atoms with Crippen LogP contribution in [0, 0.1) is 0 Å². The molecular formula is C9H18O. The molecule has 0 bridgehead atoms. The minimum absolute atomic E-state index is 0.236. The normalized spacial score (nSPS) is 12.1. The zero-order chi connectivity index (χ0) is 7.82. The molecule has 1 heteroatoms. The van der Waals surface area contributed by atoms with Gasteiger partial charge in [0.2, 0.25) is 0 Å². The molecule has 0 amide bonds. The molecule has 10 heavy (non-hydrogen) atoms. The fourth-order valence-electron chi connectivity index (χ4n) is 0.917. The molecule has 0 aliphatic heterocycles. The van der Waals surface area contributed by atoms with Gasteiger partial charge < -0.3 is 5.11 Å². The molecule has 0 spiro atoms. The summed E-state index contributed by atoms with van der Waals surface area (Å²) in [6.07, 6.45) is 6.83. The first kappa shape index (κ1) is 9.70. The molecular weight excluding hydrogens is 124 g/mol. The van der Waals surface area contributed by atoms with Crippen LogP contribution in [-0.4, -0.2) is 11.7 Å². The van der Waals surface area contributed by atoms with E-state index in [1.807, 2.05) is 13.0 Å². The standard InChI is InChI=1S/C9H18O/c1-3-5-6-7-9(4-2)8-10/h4,10H,3,5-8H2,1-2H3. The molecule has 1 N–H and O–H groups in total. The highest BCUT2D eigenvalue weighted by atomic mass is 16.3. The second kappa shape index (κ2) is 6.81. The highest BCUT2D eigenvalue weighted by molar-refractivity contribution is 4.99. The summed E-state index contributed by atoms with van der Waals surface area (Å²) >= 11 is 0. The maximum absolute atomic E-state index is 8.76. The Kier molecular flexibility index (Phi) is 6.61. The molecule has 1 nitrogen and oxygen atoms in total. The van der Waals surface area contributed by atoms with Crippen molar-refractivity contribution in [2.45, 2.75) is 39.5 Å². The summed E-state index contributed by atoms with van der Waals surface area (Å²) in [4.78, 5) is 0. The summed E-state index contributed by atoms with van der Waals surface area (Å²) in [6.45, 7) is 4.41. The van der Waals surface area contributed by atoms with E-state index in [2.05, 4.69) is 6.92 Å². The van der Waals surface area contributed by atoms with Gasteiger partial charge in [-0.15, -0.1) is 0 Å². The van der Waals surface area contributed by atoms with Crippen molar-refractivity contribution in [1.29, 1.82) is 0 Å². The van der Waals surface area contributed by atoms with E-state index in [0.717, 1.165) is 6.42 Å². The summed E-state index contributed by atoms with van der Waals surface area (Å²) in [5.74, 6) is 0. The molecule has 0 saturated carbocycles. The fraction of sp³-hybridized carbons (Fsp3) is 0.778. The van der Waals surface area contributed by atoms with E-state index in [9.17, 15) is 0 Å². The Labute approximate surface area is 63.8 Å². The number of rotatable bonds is 5. The summed E-state index contributed by atoms with van der Waals surface area (Å²) in [5, 5.41) is 8.76. The number of unbranched alkanes of at least 4 members (excludes halogenated alkanes) is 2. The van der Waals surface area contributed by atoms with Crippen LogP contribution in [0.5, 0.6) is 0 Å². The van der Waals surface area contributed by atoms with E-state index in [0.29, 0.717) is 0 Å². The Morgan fingerprint density at radius 3 is 2.50 bits per heavy atom. The third-order valence-corrected chi connectivity index (χ3v) is 1.71. The van der Waals surface area contributed by atoms with Crippen LogP contribution >= 0.6 is 0 Å². The van der Waals surface area contributed by atoms with Crippen LogP contribution < -0.4 is 0 Å². The minimum Gasteiger partial charge on any atom is -0.392 e. The van der Waals surface area contributed by atoms with Crippen molar-refractivity contribution in [3.63, 3.8) is 0 Å². The van der Waals surface area contributed by atoms with Crippen molar-refractivity contribution in [3.05, 3.63) is 11.6 Å². The topological polar surface area (TPSA) is 20.2 Å². The van der Waals surface area contributed by atoms with Gasteiger partial charge >= 0.3 is 0 Å². The van der Waals surface area contributed by atoms with Gasteiger partial charge in [0.25, 0.3) is 0 Å². The van der Waals surface area contributed by atoms with Crippen molar-refractivity contribution in [1.82, 2.24) is 0 Å². The van der Waals surface area contributed by atoms with E-state index in [1.54, 1.807) is 0 Å². The zero-order valence-corrected chi connectivity index (χ0v) is 7.06. The summed E-state index contributed by atoms with van der Waals surface area (Å²) in [7, 11) is 0. The van der Waals surface area contributed by atoms with Crippen molar-refractivity contribution >= 4 is 0 Å². The first-order valence-corrected chi connectivity index (χ1v) is 4.10. The van der Waals surface area contributed by atoms with Crippen molar-refractivity contribution in [2.75, 3.05) is 6.61 Å². The summed E-state index contributed by atoms with van der Waals surface area (Å²) in [5.41, 5.74) is 1.17. The Morgan fingerprint density at radius 2 is 2.10 bits per heavy atom. The van der Waals surface area contributed by atoms with Crippen LogP contribution in [0.25, 0.3) is 0 Å². The SMILES string of the molecule is CC=C(CO)CCCCC. The number of aliphatic hydroxyl groups is 1. The lowest BCUT2D eigenvalue weighted by Crippen LogP contribution is -1.89. The van der Waals surface area contributed by atoms with Gasteiger partial charge in [0, 0.05) is 0 Å².